The zero-order chi connectivity index (χ0) is 20.4. The number of aryl methyl sites for hydroxylation is 2. The molecule has 144 valence electrons. The normalized spacial score (nSPS) is 12.4. The lowest BCUT2D eigenvalue weighted by Gasteiger charge is -2.22. The van der Waals surface area contributed by atoms with Crippen molar-refractivity contribution in [2.75, 3.05) is 10.2 Å². The van der Waals surface area contributed by atoms with E-state index >= 15 is 0 Å². The molecule has 3 aromatic rings. The van der Waals surface area contributed by atoms with Gasteiger partial charge in [0.1, 0.15) is 0 Å². The highest BCUT2D eigenvalue weighted by molar-refractivity contribution is 6.05. The van der Waals surface area contributed by atoms with Crippen LogP contribution in [0.2, 0.25) is 0 Å². The Bertz CT molecular complexity index is 1130. The van der Waals surface area contributed by atoms with E-state index in [2.05, 4.69) is 34.3 Å². The van der Waals surface area contributed by atoms with E-state index in [9.17, 15) is 4.79 Å². The average Bonchev–Trinajstić information content (AvgIpc) is 2.94. The Morgan fingerprint density at radius 3 is 2.41 bits per heavy atom. The molecule has 1 heterocycles. The van der Waals surface area contributed by atoms with Gasteiger partial charge in [0.05, 0.1) is 11.4 Å². The zero-order valence-corrected chi connectivity index (χ0v) is 16.8. The van der Waals surface area contributed by atoms with E-state index in [0.29, 0.717) is 5.56 Å². The maximum Gasteiger partial charge on any atom is 0.255 e. The summed E-state index contributed by atoms with van der Waals surface area (Å²) in [7, 11) is 0. The Labute approximate surface area is 171 Å². The van der Waals surface area contributed by atoms with Crippen molar-refractivity contribution < 1.29 is 4.79 Å². The Morgan fingerprint density at radius 2 is 1.62 bits per heavy atom. The van der Waals surface area contributed by atoms with Gasteiger partial charge in [0.25, 0.3) is 5.91 Å². The van der Waals surface area contributed by atoms with Crippen LogP contribution in [0.4, 0.5) is 22.7 Å². The second kappa shape index (κ2) is 7.76. The van der Waals surface area contributed by atoms with E-state index in [1.807, 2.05) is 80.9 Å². The SMILES string of the molecule is Cc1cccc(C(=O)Nc2ccc(N3C=CC=Nc4c(C)cccc43)cc2)c1C. The first-order chi connectivity index (χ1) is 14.0. The number of benzene rings is 3. The fraction of sp³-hybridized carbons (Fsp3) is 0.120. The third-order valence-corrected chi connectivity index (χ3v) is 5.25. The Kier molecular flexibility index (Phi) is 5.00. The molecule has 0 atom stereocenters. The molecule has 0 fully saturated rings. The molecule has 4 heteroatoms. The van der Waals surface area contributed by atoms with E-state index in [1.54, 1.807) is 0 Å². The molecule has 0 saturated carbocycles. The van der Waals surface area contributed by atoms with Crippen molar-refractivity contribution in [2.24, 2.45) is 4.99 Å². The van der Waals surface area contributed by atoms with Gasteiger partial charge >= 0.3 is 0 Å². The largest absolute Gasteiger partial charge is 0.322 e. The Hall–Kier alpha value is -3.66. The van der Waals surface area contributed by atoms with Crippen molar-refractivity contribution in [3.63, 3.8) is 0 Å². The Morgan fingerprint density at radius 1 is 0.897 bits per heavy atom. The average molecular weight is 381 g/mol. The van der Waals surface area contributed by atoms with Crippen LogP contribution in [0.15, 0.2) is 77.9 Å². The van der Waals surface area contributed by atoms with Crippen molar-refractivity contribution in [1.29, 1.82) is 0 Å². The molecule has 1 aliphatic rings. The molecule has 1 aliphatic heterocycles. The van der Waals surface area contributed by atoms with Gasteiger partial charge < -0.3 is 10.2 Å². The summed E-state index contributed by atoms with van der Waals surface area (Å²) in [5, 5.41) is 3.00. The minimum Gasteiger partial charge on any atom is -0.322 e. The summed E-state index contributed by atoms with van der Waals surface area (Å²) in [6.45, 7) is 6.05. The monoisotopic (exact) mass is 381 g/mol. The van der Waals surface area contributed by atoms with Gasteiger partial charge in [0.15, 0.2) is 0 Å². The van der Waals surface area contributed by atoms with E-state index in [4.69, 9.17) is 0 Å². The van der Waals surface area contributed by atoms with Gasteiger partial charge in [-0.05, 0) is 79.9 Å². The number of anilines is 3. The summed E-state index contributed by atoms with van der Waals surface area (Å²) in [6.07, 6.45) is 5.73. The second-order valence-electron chi connectivity index (χ2n) is 7.18. The lowest BCUT2D eigenvalue weighted by atomic mass is 10.0. The molecule has 0 aliphatic carbocycles. The fourth-order valence-corrected chi connectivity index (χ4v) is 3.45. The van der Waals surface area contributed by atoms with Crippen LogP contribution >= 0.6 is 0 Å². The number of aliphatic imine (C=N–C) groups is 1. The topological polar surface area (TPSA) is 44.7 Å². The van der Waals surface area contributed by atoms with Crippen LogP contribution in [-0.2, 0) is 0 Å². The summed E-state index contributed by atoms with van der Waals surface area (Å²) in [5.74, 6) is -0.0945. The number of para-hydroxylation sites is 1. The molecule has 0 saturated heterocycles. The highest BCUT2D eigenvalue weighted by atomic mass is 16.1. The van der Waals surface area contributed by atoms with Crippen molar-refractivity contribution in [2.45, 2.75) is 20.8 Å². The lowest BCUT2D eigenvalue weighted by Crippen LogP contribution is -2.14. The number of hydrogen-bond acceptors (Lipinski definition) is 3. The molecular weight excluding hydrogens is 358 g/mol. The summed E-state index contributed by atoms with van der Waals surface area (Å²) in [5.41, 5.74) is 7.70. The molecule has 29 heavy (non-hydrogen) atoms. The fourth-order valence-electron chi connectivity index (χ4n) is 3.45. The molecule has 0 spiro atoms. The van der Waals surface area contributed by atoms with Crippen LogP contribution < -0.4 is 10.2 Å². The molecule has 3 aromatic carbocycles. The molecule has 4 rings (SSSR count). The minimum absolute atomic E-state index is 0.0945. The van der Waals surface area contributed by atoms with Crippen molar-refractivity contribution in [1.82, 2.24) is 0 Å². The predicted molar refractivity (Wildman–Crippen MR) is 121 cm³/mol. The van der Waals surface area contributed by atoms with Gasteiger partial charge in [-0.15, -0.1) is 0 Å². The molecule has 0 bridgehead atoms. The van der Waals surface area contributed by atoms with Gasteiger partial charge in [-0.3, -0.25) is 9.79 Å². The van der Waals surface area contributed by atoms with Crippen LogP contribution in [-0.4, -0.2) is 12.1 Å². The van der Waals surface area contributed by atoms with Crippen LogP contribution in [0.3, 0.4) is 0 Å². The molecule has 1 N–H and O–H groups in total. The lowest BCUT2D eigenvalue weighted by molar-refractivity contribution is 0.102. The molecule has 1 amide bonds. The molecule has 0 aromatic heterocycles. The maximum absolute atomic E-state index is 12.7. The van der Waals surface area contributed by atoms with Crippen molar-refractivity contribution >= 4 is 34.9 Å². The maximum atomic E-state index is 12.7. The number of amides is 1. The standard InChI is InChI=1S/C25H23N3O/c1-17-7-4-9-22(19(17)3)25(29)27-20-11-13-21(14-12-20)28-16-6-15-26-24-18(2)8-5-10-23(24)28/h4-16H,1-3H3,(H,27,29). The molecule has 0 radical (unpaired) electrons. The number of rotatable bonds is 3. The number of allylic oxidation sites excluding steroid dienone is 1. The number of nitrogens with one attached hydrogen (secondary N) is 1. The summed E-state index contributed by atoms with van der Waals surface area (Å²) in [4.78, 5) is 19.3. The Balaban J connectivity index is 1.59. The molecule has 0 unspecified atom stereocenters. The van der Waals surface area contributed by atoms with E-state index in [1.165, 1.54) is 0 Å². The minimum atomic E-state index is -0.0945. The van der Waals surface area contributed by atoms with Gasteiger partial charge in [-0.25, -0.2) is 0 Å². The highest BCUT2D eigenvalue weighted by Crippen LogP contribution is 2.38. The van der Waals surface area contributed by atoms with Gasteiger partial charge in [0.2, 0.25) is 0 Å². The smallest absolute Gasteiger partial charge is 0.255 e. The number of fused-ring (bicyclic) bond motifs is 1. The first-order valence-corrected chi connectivity index (χ1v) is 9.62. The first kappa shape index (κ1) is 18.7. The zero-order valence-electron chi connectivity index (χ0n) is 16.8. The summed E-state index contributed by atoms with van der Waals surface area (Å²) >= 11 is 0. The summed E-state index contributed by atoms with van der Waals surface area (Å²) in [6, 6.07) is 19.8. The number of carbonyl (C=O) groups excluding carboxylic acids is 1. The van der Waals surface area contributed by atoms with Crippen molar-refractivity contribution in [3.05, 3.63) is 95.2 Å². The predicted octanol–water partition coefficient (Wildman–Crippen LogP) is 6.23. The van der Waals surface area contributed by atoms with E-state index in [-0.39, 0.29) is 5.91 Å². The van der Waals surface area contributed by atoms with Crippen LogP contribution in [0.25, 0.3) is 0 Å². The quantitative estimate of drug-likeness (QED) is 0.584. The summed E-state index contributed by atoms with van der Waals surface area (Å²) < 4.78 is 0. The highest BCUT2D eigenvalue weighted by Gasteiger charge is 2.15. The number of nitrogens with zero attached hydrogens (tertiary/aromatic N) is 2. The number of carbonyl (C=O) groups is 1. The molecular formula is C25H23N3O. The van der Waals surface area contributed by atoms with E-state index < -0.39 is 0 Å². The molecule has 4 nitrogen and oxygen atoms in total. The van der Waals surface area contributed by atoms with Gasteiger partial charge in [-0.1, -0.05) is 24.3 Å². The van der Waals surface area contributed by atoms with Crippen LogP contribution in [0.5, 0.6) is 0 Å². The first-order valence-electron chi connectivity index (χ1n) is 9.62. The van der Waals surface area contributed by atoms with Gasteiger partial charge in [-0.2, -0.15) is 0 Å². The number of hydrogen-bond donors (Lipinski definition) is 1. The third kappa shape index (κ3) is 3.69. The second-order valence-corrected chi connectivity index (χ2v) is 7.18. The van der Waals surface area contributed by atoms with E-state index in [0.717, 1.165) is 39.4 Å². The van der Waals surface area contributed by atoms with Crippen LogP contribution in [0, 0.1) is 20.8 Å². The van der Waals surface area contributed by atoms with Gasteiger partial charge in [0, 0.05) is 29.4 Å². The van der Waals surface area contributed by atoms with Crippen LogP contribution in [0.1, 0.15) is 27.0 Å². The van der Waals surface area contributed by atoms with Crippen molar-refractivity contribution in [3.8, 4) is 0 Å². The third-order valence-electron chi connectivity index (χ3n) is 5.25.